The van der Waals surface area contributed by atoms with Crippen LogP contribution in [0.4, 0.5) is 11.4 Å². The van der Waals surface area contributed by atoms with Crippen molar-refractivity contribution in [2.75, 3.05) is 10.2 Å². The van der Waals surface area contributed by atoms with Crippen LogP contribution in [0.15, 0.2) is 54.6 Å². The lowest BCUT2D eigenvalue weighted by atomic mass is 9.98. The molecular formula is C18H15N3O3. The van der Waals surface area contributed by atoms with E-state index in [2.05, 4.69) is 10.6 Å². The molecule has 2 aromatic rings. The molecule has 3 amide bonds. The Hall–Kier alpha value is -3.15. The zero-order valence-electron chi connectivity index (χ0n) is 12.8. The quantitative estimate of drug-likeness (QED) is 0.886. The van der Waals surface area contributed by atoms with Gasteiger partial charge in [0.1, 0.15) is 0 Å². The predicted molar refractivity (Wildman–Crippen MR) is 88.4 cm³/mol. The van der Waals surface area contributed by atoms with Crippen LogP contribution in [0.5, 0.6) is 0 Å². The molecule has 24 heavy (non-hydrogen) atoms. The van der Waals surface area contributed by atoms with E-state index in [1.54, 1.807) is 48.5 Å². The van der Waals surface area contributed by atoms with Crippen LogP contribution < -0.4 is 15.5 Å². The monoisotopic (exact) mass is 321 g/mol. The average molecular weight is 321 g/mol. The average Bonchev–Trinajstić information content (AvgIpc) is 2.94. The van der Waals surface area contributed by atoms with Crippen molar-refractivity contribution < 1.29 is 14.4 Å². The van der Waals surface area contributed by atoms with Gasteiger partial charge in [0, 0.05) is 18.5 Å². The fourth-order valence-corrected chi connectivity index (χ4v) is 3.33. The Morgan fingerprint density at radius 2 is 1.75 bits per heavy atom. The van der Waals surface area contributed by atoms with Gasteiger partial charge in [-0.3, -0.25) is 19.3 Å². The molecule has 1 saturated heterocycles. The number of benzene rings is 2. The van der Waals surface area contributed by atoms with Gasteiger partial charge in [-0.2, -0.15) is 0 Å². The number of amides is 3. The van der Waals surface area contributed by atoms with Crippen molar-refractivity contribution in [2.24, 2.45) is 0 Å². The minimum absolute atomic E-state index is 0.175. The third kappa shape index (κ3) is 2.00. The van der Waals surface area contributed by atoms with Crippen molar-refractivity contribution in [1.29, 1.82) is 0 Å². The first-order valence-electron chi connectivity index (χ1n) is 7.73. The predicted octanol–water partition coefficient (Wildman–Crippen LogP) is 1.89. The maximum Gasteiger partial charge on any atom is 0.271 e. The molecule has 0 aromatic heterocycles. The molecule has 0 unspecified atom stereocenters. The number of hydrogen-bond acceptors (Lipinski definition) is 3. The SMILES string of the molecule is O=C1N[C@]2(C(=O)Nc3ccccc3)CCC(=O)N2c2ccccc21. The first kappa shape index (κ1) is 14.4. The summed E-state index contributed by atoms with van der Waals surface area (Å²) in [7, 11) is 0. The number of nitrogens with zero attached hydrogens (tertiary/aromatic N) is 1. The van der Waals surface area contributed by atoms with Gasteiger partial charge in [-0.05, 0) is 24.3 Å². The minimum Gasteiger partial charge on any atom is -0.322 e. The van der Waals surface area contributed by atoms with Crippen LogP contribution in [0.1, 0.15) is 23.2 Å². The summed E-state index contributed by atoms with van der Waals surface area (Å²) >= 11 is 0. The Labute approximate surface area is 138 Å². The normalized spacial score (nSPS) is 21.8. The Balaban J connectivity index is 1.77. The fourth-order valence-electron chi connectivity index (χ4n) is 3.33. The van der Waals surface area contributed by atoms with Gasteiger partial charge < -0.3 is 10.6 Å². The van der Waals surface area contributed by atoms with E-state index in [1.165, 1.54) is 4.90 Å². The van der Waals surface area contributed by atoms with Crippen LogP contribution in [0.2, 0.25) is 0 Å². The molecule has 120 valence electrons. The smallest absolute Gasteiger partial charge is 0.271 e. The van der Waals surface area contributed by atoms with Crippen LogP contribution in [-0.4, -0.2) is 23.4 Å². The standard InChI is InChI=1S/C18H15N3O3/c22-15-10-11-18(17(24)19-12-6-2-1-3-7-12)20-16(23)13-8-4-5-9-14(13)21(15)18/h1-9H,10-11H2,(H,19,24)(H,20,23)/t18-/m1/s1. The van der Waals surface area contributed by atoms with E-state index >= 15 is 0 Å². The largest absolute Gasteiger partial charge is 0.322 e. The molecule has 2 N–H and O–H groups in total. The van der Waals surface area contributed by atoms with E-state index < -0.39 is 11.6 Å². The second kappa shape index (κ2) is 5.19. The van der Waals surface area contributed by atoms with Gasteiger partial charge in [0.05, 0.1) is 11.3 Å². The zero-order chi connectivity index (χ0) is 16.7. The summed E-state index contributed by atoms with van der Waals surface area (Å²) in [6, 6.07) is 15.8. The highest BCUT2D eigenvalue weighted by atomic mass is 16.2. The second-order valence-corrected chi connectivity index (χ2v) is 5.88. The molecular weight excluding hydrogens is 306 g/mol. The number of hydrogen-bond donors (Lipinski definition) is 2. The number of carbonyl (C=O) groups excluding carboxylic acids is 3. The van der Waals surface area contributed by atoms with E-state index in [0.29, 0.717) is 16.9 Å². The number of nitrogens with one attached hydrogen (secondary N) is 2. The van der Waals surface area contributed by atoms with Crippen molar-refractivity contribution in [3.05, 3.63) is 60.2 Å². The Kier molecular flexibility index (Phi) is 3.13. The van der Waals surface area contributed by atoms with Gasteiger partial charge >= 0.3 is 0 Å². The lowest BCUT2D eigenvalue weighted by Gasteiger charge is -2.41. The van der Waals surface area contributed by atoms with Crippen molar-refractivity contribution in [3.8, 4) is 0 Å². The molecule has 6 heteroatoms. The van der Waals surface area contributed by atoms with Crippen molar-refractivity contribution in [3.63, 3.8) is 0 Å². The molecule has 6 nitrogen and oxygen atoms in total. The summed E-state index contributed by atoms with van der Waals surface area (Å²) < 4.78 is 0. The van der Waals surface area contributed by atoms with Crippen LogP contribution in [0, 0.1) is 0 Å². The minimum atomic E-state index is -1.38. The lowest BCUT2D eigenvalue weighted by molar-refractivity contribution is -0.124. The number of fused-ring (bicyclic) bond motifs is 3. The van der Waals surface area contributed by atoms with Crippen LogP contribution in [0.25, 0.3) is 0 Å². The Morgan fingerprint density at radius 3 is 2.54 bits per heavy atom. The third-order valence-electron chi connectivity index (χ3n) is 4.45. The molecule has 2 aliphatic rings. The maximum absolute atomic E-state index is 13.0. The van der Waals surface area contributed by atoms with E-state index in [0.717, 1.165) is 0 Å². The van der Waals surface area contributed by atoms with Crippen LogP contribution in [-0.2, 0) is 9.59 Å². The highest BCUT2D eigenvalue weighted by Gasteiger charge is 2.56. The van der Waals surface area contributed by atoms with Crippen molar-refractivity contribution in [1.82, 2.24) is 5.32 Å². The molecule has 0 aliphatic carbocycles. The lowest BCUT2D eigenvalue weighted by Crippen LogP contribution is -2.68. The Bertz CT molecular complexity index is 850. The van der Waals surface area contributed by atoms with E-state index in [-0.39, 0.29) is 24.7 Å². The highest BCUT2D eigenvalue weighted by Crippen LogP contribution is 2.39. The molecule has 2 aliphatic heterocycles. The molecule has 2 aromatic carbocycles. The summed E-state index contributed by atoms with van der Waals surface area (Å²) in [6.45, 7) is 0. The number of carbonyl (C=O) groups is 3. The molecule has 0 bridgehead atoms. The molecule has 4 rings (SSSR count). The summed E-state index contributed by atoms with van der Waals surface area (Å²) in [5, 5.41) is 5.55. The molecule has 0 spiro atoms. The van der Waals surface area contributed by atoms with E-state index in [9.17, 15) is 14.4 Å². The molecule has 1 atom stereocenters. The van der Waals surface area contributed by atoms with Gasteiger partial charge in [-0.1, -0.05) is 30.3 Å². The molecule has 0 saturated carbocycles. The molecule has 2 heterocycles. The van der Waals surface area contributed by atoms with Crippen LogP contribution in [0.3, 0.4) is 0 Å². The summed E-state index contributed by atoms with van der Waals surface area (Å²) in [5.41, 5.74) is 0.116. The van der Waals surface area contributed by atoms with E-state index in [4.69, 9.17) is 0 Å². The zero-order valence-corrected chi connectivity index (χ0v) is 12.8. The fraction of sp³-hybridized carbons (Fsp3) is 0.167. The van der Waals surface area contributed by atoms with Gasteiger partial charge in [0.2, 0.25) is 11.6 Å². The van der Waals surface area contributed by atoms with Crippen molar-refractivity contribution in [2.45, 2.75) is 18.5 Å². The topological polar surface area (TPSA) is 78.5 Å². The van der Waals surface area contributed by atoms with Crippen molar-refractivity contribution >= 4 is 29.1 Å². The van der Waals surface area contributed by atoms with Gasteiger partial charge in [-0.25, -0.2) is 0 Å². The summed E-state index contributed by atoms with van der Waals surface area (Å²) in [5.74, 6) is -0.937. The first-order valence-corrected chi connectivity index (χ1v) is 7.73. The summed E-state index contributed by atoms with van der Waals surface area (Å²) in [4.78, 5) is 39.3. The Morgan fingerprint density at radius 1 is 1.04 bits per heavy atom. The third-order valence-corrected chi connectivity index (χ3v) is 4.45. The van der Waals surface area contributed by atoms with Gasteiger partial charge in [-0.15, -0.1) is 0 Å². The van der Waals surface area contributed by atoms with Gasteiger partial charge in [0.15, 0.2) is 0 Å². The number of anilines is 2. The summed E-state index contributed by atoms with van der Waals surface area (Å²) in [6.07, 6.45) is 0.446. The van der Waals surface area contributed by atoms with E-state index in [1.807, 2.05) is 6.07 Å². The maximum atomic E-state index is 13.0. The molecule has 1 fully saturated rings. The van der Waals surface area contributed by atoms with Gasteiger partial charge in [0.25, 0.3) is 11.8 Å². The first-order chi connectivity index (χ1) is 11.6. The number of rotatable bonds is 2. The number of para-hydroxylation sites is 2. The molecule has 0 radical (unpaired) electrons. The van der Waals surface area contributed by atoms with Crippen LogP contribution >= 0.6 is 0 Å². The second-order valence-electron chi connectivity index (χ2n) is 5.88. The highest BCUT2D eigenvalue weighted by molar-refractivity contribution is 6.18.